The van der Waals surface area contributed by atoms with Crippen molar-refractivity contribution < 1.29 is 14.0 Å². The van der Waals surface area contributed by atoms with E-state index in [9.17, 15) is 14.0 Å². The first-order valence-corrected chi connectivity index (χ1v) is 6.72. The predicted molar refractivity (Wildman–Crippen MR) is 75.1 cm³/mol. The van der Waals surface area contributed by atoms with Crippen molar-refractivity contribution in [2.75, 3.05) is 0 Å². The minimum atomic E-state index is -0.497. The predicted octanol–water partition coefficient (Wildman–Crippen LogP) is 2.58. The van der Waals surface area contributed by atoms with Gasteiger partial charge in [-0.05, 0) is 49.7 Å². The molecule has 0 aliphatic carbocycles. The Morgan fingerprint density at radius 1 is 1.05 bits per heavy atom. The third kappa shape index (κ3) is 3.21. The molecular weight excluding hydrogens is 279 g/mol. The Kier molecular flexibility index (Phi) is 4.14. The third-order valence-electron chi connectivity index (χ3n) is 2.79. The van der Waals surface area contributed by atoms with Gasteiger partial charge in [0.05, 0.1) is 4.88 Å². The van der Waals surface area contributed by atoms with Crippen LogP contribution >= 0.6 is 11.3 Å². The maximum absolute atomic E-state index is 12.7. The van der Waals surface area contributed by atoms with Crippen molar-refractivity contribution in [1.29, 1.82) is 0 Å². The Bertz CT molecular complexity index is 630. The molecule has 104 valence electrons. The molecule has 0 saturated carbocycles. The van der Waals surface area contributed by atoms with Gasteiger partial charge in [0.25, 0.3) is 11.8 Å². The minimum absolute atomic E-state index is 0.269. The number of carbonyl (C=O) groups excluding carboxylic acids is 2. The number of rotatable bonds is 2. The van der Waals surface area contributed by atoms with E-state index in [0.717, 1.165) is 10.4 Å². The lowest BCUT2D eigenvalue weighted by molar-refractivity contribution is 0.0849. The zero-order valence-electron chi connectivity index (χ0n) is 11.0. The minimum Gasteiger partial charge on any atom is -0.267 e. The van der Waals surface area contributed by atoms with Crippen LogP contribution in [-0.2, 0) is 0 Å². The van der Waals surface area contributed by atoms with Crippen LogP contribution in [0.4, 0.5) is 4.39 Å². The lowest BCUT2D eigenvalue weighted by Crippen LogP contribution is -2.41. The van der Waals surface area contributed by atoms with Crippen LogP contribution in [0, 0.1) is 19.7 Å². The molecule has 6 heteroatoms. The first-order chi connectivity index (χ1) is 9.47. The molecule has 0 bridgehead atoms. The number of hydrazine groups is 1. The van der Waals surface area contributed by atoms with Gasteiger partial charge in [-0.25, -0.2) is 4.39 Å². The van der Waals surface area contributed by atoms with Crippen LogP contribution in [0.25, 0.3) is 0 Å². The van der Waals surface area contributed by atoms with E-state index in [1.165, 1.54) is 35.6 Å². The first-order valence-electron chi connectivity index (χ1n) is 5.90. The van der Waals surface area contributed by atoms with Crippen molar-refractivity contribution in [3.05, 3.63) is 57.0 Å². The quantitative estimate of drug-likeness (QED) is 0.836. The van der Waals surface area contributed by atoms with Crippen molar-refractivity contribution in [2.45, 2.75) is 13.8 Å². The largest absolute Gasteiger partial charge is 0.279 e. The summed E-state index contributed by atoms with van der Waals surface area (Å²) >= 11 is 1.36. The van der Waals surface area contributed by atoms with Gasteiger partial charge in [-0.2, -0.15) is 0 Å². The molecule has 20 heavy (non-hydrogen) atoms. The van der Waals surface area contributed by atoms with E-state index < -0.39 is 11.7 Å². The molecule has 2 N–H and O–H groups in total. The molecule has 0 aliphatic rings. The van der Waals surface area contributed by atoms with E-state index in [-0.39, 0.29) is 11.5 Å². The fraction of sp³-hybridized carbons (Fsp3) is 0.143. The van der Waals surface area contributed by atoms with E-state index in [4.69, 9.17) is 0 Å². The van der Waals surface area contributed by atoms with Gasteiger partial charge in [-0.15, -0.1) is 11.3 Å². The summed E-state index contributed by atoms with van der Waals surface area (Å²) < 4.78 is 12.7. The number of benzene rings is 1. The van der Waals surface area contributed by atoms with Crippen LogP contribution in [0.1, 0.15) is 30.5 Å². The molecule has 4 nitrogen and oxygen atoms in total. The van der Waals surface area contributed by atoms with E-state index in [1.807, 2.05) is 13.8 Å². The zero-order valence-corrected chi connectivity index (χ0v) is 11.8. The van der Waals surface area contributed by atoms with Crippen molar-refractivity contribution in [3.8, 4) is 0 Å². The van der Waals surface area contributed by atoms with Gasteiger partial charge in [0, 0.05) is 10.4 Å². The second kappa shape index (κ2) is 5.83. The highest BCUT2D eigenvalue weighted by Gasteiger charge is 2.12. The summed E-state index contributed by atoms with van der Waals surface area (Å²) in [6, 6.07) is 6.82. The van der Waals surface area contributed by atoms with Crippen molar-refractivity contribution in [2.24, 2.45) is 0 Å². The van der Waals surface area contributed by atoms with Crippen LogP contribution in [0.15, 0.2) is 30.3 Å². The van der Waals surface area contributed by atoms with Crippen LogP contribution < -0.4 is 10.9 Å². The number of nitrogens with one attached hydrogen (secondary N) is 2. The second-order valence-electron chi connectivity index (χ2n) is 4.26. The Balaban J connectivity index is 1.96. The third-order valence-corrected chi connectivity index (χ3v) is 3.94. The highest BCUT2D eigenvalue weighted by atomic mass is 32.1. The number of halogens is 1. The van der Waals surface area contributed by atoms with Crippen molar-refractivity contribution in [3.63, 3.8) is 0 Å². The van der Waals surface area contributed by atoms with E-state index >= 15 is 0 Å². The van der Waals surface area contributed by atoms with Crippen LogP contribution in [0.3, 0.4) is 0 Å². The summed E-state index contributed by atoms with van der Waals surface area (Å²) in [6.07, 6.45) is 0. The van der Waals surface area contributed by atoms with Gasteiger partial charge in [-0.3, -0.25) is 20.4 Å². The van der Waals surface area contributed by atoms with Gasteiger partial charge in [0.1, 0.15) is 5.82 Å². The molecule has 0 spiro atoms. The van der Waals surface area contributed by atoms with Gasteiger partial charge in [0.2, 0.25) is 0 Å². The van der Waals surface area contributed by atoms with Crippen LogP contribution in [0.5, 0.6) is 0 Å². The summed E-state index contributed by atoms with van der Waals surface area (Å²) in [5.41, 5.74) is 5.92. The smallest absolute Gasteiger partial charge is 0.267 e. The second-order valence-corrected chi connectivity index (χ2v) is 5.52. The molecule has 1 aromatic carbocycles. The van der Waals surface area contributed by atoms with Gasteiger partial charge >= 0.3 is 0 Å². The molecule has 2 rings (SSSR count). The number of hydrogen-bond acceptors (Lipinski definition) is 3. The molecule has 0 aliphatic heterocycles. The molecule has 2 amide bonds. The van der Waals surface area contributed by atoms with Crippen LogP contribution in [0.2, 0.25) is 0 Å². The molecule has 0 atom stereocenters. The summed E-state index contributed by atoms with van der Waals surface area (Å²) in [5, 5.41) is 0. The summed E-state index contributed by atoms with van der Waals surface area (Å²) in [7, 11) is 0. The lowest BCUT2D eigenvalue weighted by Gasteiger charge is -2.06. The number of aryl methyl sites for hydroxylation is 2. The van der Waals surface area contributed by atoms with Crippen molar-refractivity contribution >= 4 is 23.2 Å². The summed E-state index contributed by atoms with van der Waals surface area (Å²) in [4.78, 5) is 25.1. The summed E-state index contributed by atoms with van der Waals surface area (Å²) in [5.74, 6) is -1.29. The molecule has 1 heterocycles. The Labute approximate surface area is 119 Å². The number of hydrogen-bond donors (Lipinski definition) is 2. The molecule has 1 aromatic heterocycles. The Morgan fingerprint density at radius 2 is 1.65 bits per heavy atom. The molecule has 0 radical (unpaired) electrons. The van der Waals surface area contributed by atoms with Crippen LogP contribution in [-0.4, -0.2) is 11.8 Å². The van der Waals surface area contributed by atoms with E-state index in [2.05, 4.69) is 10.9 Å². The zero-order chi connectivity index (χ0) is 14.7. The molecule has 0 saturated heterocycles. The molecule has 2 aromatic rings. The first kappa shape index (κ1) is 14.2. The van der Waals surface area contributed by atoms with Gasteiger partial charge < -0.3 is 0 Å². The normalized spacial score (nSPS) is 10.2. The van der Waals surface area contributed by atoms with E-state index in [1.54, 1.807) is 6.07 Å². The number of carbonyl (C=O) groups is 2. The van der Waals surface area contributed by atoms with Gasteiger partial charge in [0.15, 0.2) is 0 Å². The topological polar surface area (TPSA) is 58.2 Å². The molecule has 0 unspecified atom stereocenters. The lowest BCUT2D eigenvalue weighted by atomic mass is 10.2. The average Bonchev–Trinajstić information content (AvgIpc) is 2.76. The fourth-order valence-electron chi connectivity index (χ4n) is 1.53. The van der Waals surface area contributed by atoms with Crippen molar-refractivity contribution in [1.82, 2.24) is 10.9 Å². The Hall–Kier alpha value is -2.21. The average molecular weight is 292 g/mol. The van der Waals surface area contributed by atoms with Gasteiger partial charge in [-0.1, -0.05) is 0 Å². The molecular formula is C14H13FN2O2S. The maximum Gasteiger partial charge on any atom is 0.279 e. The number of thiophene rings is 1. The fourth-order valence-corrected chi connectivity index (χ4v) is 2.46. The van der Waals surface area contributed by atoms with E-state index in [0.29, 0.717) is 4.88 Å². The summed E-state index contributed by atoms with van der Waals surface area (Å²) in [6.45, 7) is 3.84. The highest BCUT2D eigenvalue weighted by molar-refractivity contribution is 7.14. The maximum atomic E-state index is 12.7. The highest BCUT2D eigenvalue weighted by Crippen LogP contribution is 2.20. The Morgan fingerprint density at radius 3 is 2.20 bits per heavy atom. The standard InChI is InChI=1S/C14H13FN2O2S/c1-8-7-12(20-9(8)2)14(19)17-16-13(18)10-3-5-11(15)6-4-10/h3-7H,1-2H3,(H,16,18)(H,17,19). The monoisotopic (exact) mass is 292 g/mol. The molecule has 0 fully saturated rings. The SMILES string of the molecule is Cc1cc(C(=O)NNC(=O)c2ccc(F)cc2)sc1C. The number of amides is 2.